The van der Waals surface area contributed by atoms with Gasteiger partial charge in [-0.1, -0.05) is 0 Å². The van der Waals surface area contributed by atoms with E-state index < -0.39 is 0 Å². The van der Waals surface area contributed by atoms with Crippen LogP contribution < -0.4 is 10.6 Å². The van der Waals surface area contributed by atoms with E-state index >= 15 is 0 Å². The lowest BCUT2D eigenvalue weighted by atomic mass is 10.2. The standard InChI is InChI=1S/C13H15N5O2/c1-9(19)15-6-7-16-13(20)12-8-11(17-18-12)10-2-4-14-5-3-10/h2-5,8H,6-7H2,1H3,(H,15,19)(H,16,20)(H,17,18). The summed E-state index contributed by atoms with van der Waals surface area (Å²) in [5.74, 6) is -0.385. The first kappa shape index (κ1) is 13.7. The van der Waals surface area contributed by atoms with Crippen molar-refractivity contribution in [3.63, 3.8) is 0 Å². The van der Waals surface area contributed by atoms with Gasteiger partial charge in [0.05, 0.1) is 5.69 Å². The summed E-state index contributed by atoms with van der Waals surface area (Å²) in [6, 6.07) is 5.30. The number of aromatic nitrogens is 3. The number of carbonyl (C=O) groups is 2. The first-order valence-electron chi connectivity index (χ1n) is 6.15. The highest BCUT2D eigenvalue weighted by Crippen LogP contribution is 2.15. The highest BCUT2D eigenvalue weighted by atomic mass is 16.2. The number of hydrogen-bond donors (Lipinski definition) is 3. The topological polar surface area (TPSA) is 99.8 Å². The molecule has 0 atom stereocenters. The van der Waals surface area contributed by atoms with Gasteiger partial charge in [0.25, 0.3) is 5.91 Å². The van der Waals surface area contributed by atoms with E-state index in [0.717, 1.165) is 5.56 Å². The first-order chi connectivity index (χ1) is 9.66. The van der Waals surface area contributed by atoms with Gasteiger partial charge in [0, 0.05) is 38.0 Å². The number of amides is 2. The van der Waals surface area contributed by atoms with Crippen molar-refractivity contribution in [2.75, 3.05) is 13.1 Å². The second-order valence-electron chi connectivity index (χ2n) is 4.14. The molecule has 0 aromatic carbocycles. The van der Waals surface area contributed by atoms with Crippen LogP contribution in [0, 0.1) is 0 Å². The average Bonchev–Trinajstić information content (AvgIpc) is 2.94. The number of nitrogens with one attached hydrogen (secondary N) is 3. The lowest BCUT2D eigenvalue weighted by molar-refractivity contribution is -0.118. The van der Waals surface area contributed by atoms with Gasteiger partial charge in [-0.3, -0.25) is 19.7 Å². The van der Waals surface area contributed by atoms with E-state index in [2.05, 4.69) is 25.8 Å². The van der Waals surface area contributed by atoms with Crippen molar-refractivity contribution in [1.82, 2.24) is 25.8 Å². The molecule has 0 fully saturated rings. The van der Waals surface area contributed by atoms with Crippen molar-refractivity contribution < 1.29 is 9.59 Å². The van der Waals surface area contributed by atoms with Crippen LogP contribution in [0.2, 0.25) is 0 Å². The zero-order chi connectivity index (χ0) is 14.4. The van der Waals surface area contributed by atoms with Crippen molar-refractivity contribution in [2.45, 2.75) is 6.92 Å². The molecular formula is C13H15N5O2. The minimum atomic E-state index is -0.261. The molecule has 0 bridgehead atoms. The Hall–Kier alpha value is -2.70. The molecule has 0 spiro atoms. The summed E-state index contributed by atoms with van der Waals surface area (Å²) in [5.41, 5.74) is 1.94. The largest absolute Gasteiger partial charge is 0.355 e. The third-order valence-electron chi connectivity index (χ3n) is 2.58. The van der Waals surface area contributed by atoms with Gasteiger partial charge >= 0.3 is 0 Å². The summed E-state index contributed by atoms with van der Waals surface area (Å²) in [6.45, 7) is 2.19. The lowest BCUT2D eigenvalue weighted by Gasteiger charge is -2.03. The van der Waals surface area contributed by atoms with Crippen molar-refractivity contribution >= 4 is 11.8 Å². The van der Waals surface area contributed by atoms with Gasteiger partial charge in [0.15, 0.2) is 0 Å². The molecule has 2 rings (SSSR count). The smallest absolute Gasteiger partial charge is 0.269 e. The van der Waals surface area contributed by atoms with Gasteiger partial charge in [-0.05, 0) is 18.2 Å². The number of carbonyl (C=O) groups excluding carboxylic acids is 2. The molecule has 2 amide bonds. The van der Waals surface area contributed by atoms with E-state index in [1.165, 1.54) is 6.92 Å². The summed E-state index contributed by atoms with van der Waals surface area (Å²) in [6.07, 6.45) is 3.33. The number of rotatable bonds is 5. The molecule has 0 aliphatic heterocycles. The van der Waals surface area contributed by atoms with Crippen molar-refractivity contribution in [2.24, 2.45) is 0 Å². The summed E-state index contributed by atoms with van der Waals surface area (Å²) in [7, 11) is 0. The molecular weight excluding hydrogens is 258 g/mol. The number of pyridine rings is 1. The summed E-state index contributed by atoms with van der Waals surface area (Å²) in [5, 5.41) is 12.0. The summed E-state index contributed by atoms with van der Waals surface area (Å²) >= 11 is 0. The molecule has 20 heavy (non-hydrogen) atoms. The van der Waals surface area contributed by atoms with Crippen molar-refractivity contribution in [3.05, 3.63) is 36.3 Å². The SMILES string of the molecule is CC(=O)NCCNC(=O)c1cc(-c2ccncc2)n[nH]1. The van der Waals surface area contributed by atoms with Gasteiger partial charge in [0.1, 0.15) is 5.69 Å². The summed E-state index contributed by atoms with van der Waals surface area (Å²) < 4.78 is 0. The van der Waals surface area contributed by atoms with Crippen LogP contribution in [0.1, 0.15) is 17.4 Å². The maximum absolute atomic E-state index is 11.8. The van der Waals surface area contributed by atoms with E-state index in [9.17, 15) is 9.59 Å². The molecule has 104 valence electrons. The third kappa shape index (κ3) is 3.64. The summed E-state index contributed by atoms with van der Waals surface area (Å²) in [4.78, 5) is 26.4. The Morgan fingerprint density at radius 3 is 2.60 bits per heavy atom. The number of hydrogen-bond acceptors (Lipinski definition) is 4. The molecule has 7 heteroatoms. The van der Waals surface area contributed by atoms with Gasteiger partial charge < -0.3 is 10.6 Å². The Morgan fingerprint density at radius 2 is 1.90 bits per heavy atom. The van der Waals surface area contributed by atoms with Crippen LogP contribution in [0.5, 0.6) is 0 Å². The third-order valence-corrected chi connectivity index (χ3v) is 2.58. The van der Waals surface area contributed by atoms with Crippen molar-refractivity contribution in [1.29, 1.82) is 0 Å². The van der Waals surface area contributed by atoms with Crippen LogP contribution in [-0.4, -0.2) is 40.1 Å². The minimum Gasteiger partial charge on any atom is -0.355 e. The Labute approximate surface area is 115 Å². The van der Waals surface area contributed by atoms with Crippen LogP contribution in [0.15, 0.2) is 30.6 Å². The molecule has 3 N–H and O–H groups in total. The van der Waals surface area contributed by atoms with Crippen LogP contribution in [0.3, 0.4) is 0 Å². The molecule has 7 nitrogen and oxygen atoms in total. The fourth-order valence-electron chi connectivity index (χ4n) is 1.62. The number of H-pyrrole nitrogens is 1. The molecule has 2 heterocycles. The number of aromatic amines is 1. The van der Waals surface area contributed by atoms with Gasteiger partial charge in [-0.15, -0.1) is 0 Å². The number of nitrogens with zero attached hydrogens (tertiary/aromatic N) is 2. The first-order valence-corrected chi connectivity index (χ1v) is 6.15. The fourth-order valence-corrected chi connectivity index (χ4v) is 1.62. The zero-order valence-corrected chi connectivity index (χ0v) is 11.0. The predicted molar refractivity (Wildman–Crippen MR) is 72.8 cm³/mol. The van der Waals surface area contributed by atoms with E-state index in [1.807, 2.05) is 12.1 Å². The molecule has 0 unspecified atom stereocenters. The fraction of sp³-hybridized carbons (Fsp3) is 0.231. The van der Waals surface area contributed by atoms with Crippen LogP contribution >= 0.6 is 0 Å². The highest BCUT2D eigenvalue weighted by Gasteiger charge is 2.10. The normalized spacial score (nSPS) is 10.1. The predicted octanol–water partition coefficient (Wildman–Crippen LogP) is 0.338. The second-order valence-corrected chi connectivity index (χ2v) is 4.14. The maximum Gasteiger partial charge on any atom is 0.269 e. The Balaban J connectivity index is 1.92. The monoisotopic (exact) mass is 273 g/mol. The molecule has 2 aromatic rings. The highest BCUT2D eigenvalue weighted by molar-refractivity contribution is 5.93. The Bertz CT molecular complexity index is 594. The zero-order valence-electron chi connectivity index (χ0n) is 11.0. The van der Waals surface area contributed by atoms with Gasteiger partial charge in [-0.2, -0.15) is 5.10 Å². The minimum absolute atomic E-state index is 0.124. The van der Waals surface area contributed by atoms with Crippen LogP contribution in [0.4, 0.5) is 0 Å². The lowest BCUT2D eigenvalue weighted by Crippen LogP contribution is -2.33. The average molecular weight is 273 g/mol. The quantitative estimate of drug-likeness (QED) is 0.684. The molecule has 0 saturated heterocycles. The van der Waals surface area contributed by atoms with E-state index in [4.69, 9.17) is 0 Å². The molecule has 0 radical (unpaired) electrons. The molecule has 2 aromatic heterocycles. The van der Waals surface area contributed by atoms with Gasteiger partial charge in [-0.25, -0.2) is 0 Å². The van der Waals surface area contributed by atoms with Crippen molar-refractivity contribution in [3.8, 4) is 11.3 Å². The van der Waals surface area contributed by atoms with Crippen LogP contribution in [0.25, 0.3) is 11.3 Å². The molecule has 0 aliphatic carbocycles. The van der Waals surface area contributed by atoms with E-state index in [-0.39, 0.29) is 11.8 Å². The second kappa shape index (κ2) is 6.46. The van der Waals surface area contributed by atoms with Gasteiger partial charge in [0.2, 0.25) is 5.91 Å². The van der Waals surface area contributed by atoms with E-state index in [1.54, 1.807) is 18.5 Å². The van der Waals surface area contributed by atoms with E-state index in [0.29, 0.717) is 24.5 Å². The molecule has 0 saturated carbocycles. The Kier molecular flexibility index (Phi) is 4.43. The molecule has 0 aliphatic rings. The Morgan fingerprint density at radius 1 is 1.20 bits per heavy atom. The maximum atomic E-state index is 11.8. The van der Waals surface area contributed by atoms with Crippen LogP contribution in [-0.2, 0) is 4.79 Å².